The quantitative estimate of drug-likeness (QED) is 0.623. The number of hydrogen-bond acceptors (Lipinski definition) is 2. The summed E-state index contributed by atoms with van der Waals surface area (Å²) in [6, 6.07) is 8.86. The summed E-state index contributed by atoms with van der Waals surface area (Å²) < 4.78 is 1.47. The van der Waals surface area contributed by atoms with Crippen molar-refractivity contribution in [2.45, 2.75) is 5.50 Å². The number of Topliss-reactive ketones (excluding diaryl/α,β-unsaturated/α-hetero) is 1. The molecule has 1 heterocycles. The van der Waals surface area contributed by atoms with Crippen LogP contribution in [0.15, 0.2) is 42.9 Å². The monoisotopic (exact) mass is 254 g/mol. The van der Waals surface area contributed by atoms with Crippen LogP contribution in [0.5, 0.6) is 0 Å². The molecule has 16 heavy (non-hydrogen) atoms. The van der Waals surface area contributed by atoms with Crippen molar-refractivity contribution < 1.29 is 4.79 Å². The van der Waals surface area contributed by atoms with Crippen LogP contribution in [0.3, 0.4) is 0 Å². The van der Waals surface area contributed by atoms with Crippen LogP contribution >= 0.6 is 23.2 Å². The second-order valence-electron chi connectivity index (χ2n) is 3.21. The predicted molar refractivity (Wildman–Crippen MR) is 62.9 cm³/mol. The summed E-state index contributed by atoms with van der Waals surface area (Å²) in [4.78, 5) is 15.7. The first kappa shape index (κ1) is 11.2. The molecule has 2 aromatic rings. The van der Waals surface area contributed by atoms with Crippen LogP contribution in [0, 0.1) is 0 Å². The lowest BCUT2D eigenvalue weighted by Gasteiger charge is -2.09. The van der Waals surface area contributed by atoms with E-state index in [9.17, 15) is 4.79 Å². The third kappa shape index (κ3) is 2.26. The van der Waals surface area contributed by atoms with Crippen molar-refractivity contribution in [3.8, 4) is 0 Å². The van der Waals surface area contributed by atoms with Crippen LogP contribution in [0.1, 0.15) is 15.9 Å². The Bertz CT molecular complexity index is 496. The van der Waals surface area contributed by atoms with Gasteiger partial charge in [0.05, 0.1) is 6.33 Å². The number of aromatic nitrogens is 2. The number of nitrogens with zero attached hydrogens (tertiary/aromatic N) is 2. The molecule has 0 bridgehead atoms. The number of alkyl halides is 1. The minimum atomic E-state index is -0.817. The van der Waals surface area contributed by atoms with Crippen molar-refractivity contribution >= 4 is 29.0 Å². The van der Waals surface area contributed by atoms with Gasteiger partial charge in [0.2, 0.25) is 5.78 Å². The van der Waals surface area contributed by atoms with Gasteiger partial charge in [0.1, 0.15) is 5.15 Å². The zero-order valence-electron chi connectivity index (χ0n) is 8.18. The molecule has 0 aliphatic rings. The highest BCUT2D eigenvalue weighted by atomic mass is 35.5. The van der Waals surface area contributed by atoms with Gasteiger partial charge in [-0.1, -0.05) is 53.5 Å². The van der Waals surface area contributed by atoms with E-state index < -0.39 is 5.50 Å². The van der Waals surface area contributed by atoms with E-state index >= 15 is 0 Å². The molecule has 1 unspecified atom stereocenters. The number of carbonyl (C=O) groups is 1. The van der Waals surface area contributed by atoms with Gasteiger partial charge in [-0.05, 0) is 0 Å². The Morgan fingerprint density at radius 1 is 1.31 bits per heavy atom. The molecule has 0 saturated carbocycles. The molecule has 82 valence electrons. The fraction of sp³-hybridized carbons (Fsp3) is 0.0909. The Morgan fingerprint density at radius 3 is 2.56 bits per heavy atom. The van der Waals surface area contributed by atoms with Crippen molar-refractivity contribution in [2.24, 2.45) is 0 Å². The van der Waals surface area contributed by atoms with Gasteiger partial charge in [-0.3, -0.25) is 4.79 Å². The maximum absolute atomic E-state index is 11.9. The largest absolute Gasteiger partial charge is 0.312 e. The minimum absolute atomic E-state index is 0.184. The number of imidazole rings is 1. The lowest BCUT2D eigenvalue weighted by molar-refractivity contribution is 0.0964. The van der Waals surface area contributed by atoms with E-state index in [-0.39, 0.29) is 5.78 Å². The summed E-state index contributed by atoms with van der Waals surface area (Å²) in [7, 11) is 0. The van der Waals surface area contributed by atoms with E-state index in [4.69, 9.17) is 23.2 Å². The molecule has 1 aromatic carbocycles. The van der Waals surface area contributed by atoms with Crippen LogP contribution in [-0.4, -0.2) is 15.3 Å². The highest BCUT2D eigenvalue weighted by Gasteiger charge is 2.18. The normalized spacial score (nSPS) is 12.4. The zero-order valence-corrected chi connectivity index (χ0v) is 9.69. The standard InChI is InChI=1S/C11H8Cl2N2O/c12-9-6-15(7-14-9)11(13)10(16)8-4-2-1-3-5-8/h1-7,11H. The first-order valence-electron chi connectivity index (χ1n) is 4.61. The molecule has 0 fully saturated rings. The summed E-state index contributed by atoms with van der Waals surface area (Å²) in [5, 5.41) is 0.312. The van der Waals surface area contributed by atoms with E-state index in [2.05, 4.69) is 4.98 Å². The van der Waals surface area contributed by atoms with E-state index in [0.717, 1.165) is 0 Å². The van der Waals surface area contributed by atoms with Gasteiger partial charge in [0.25, 0.3) is 0 Å². The highest BCUT2D eigenvalue weighted by Crippen LogP contribution is 2.20. The van der Waals surface area contributed by atoms with Crippen LogP contribution in [0.25, 0.3) is 0 Å². The molecule has 0 spiro atoms. The molecule has 0 amide bonds. The summed E-state index contributed by atoms with van der Waals surface area (Å²) in [6.07, 6.45) is 2.95. The Labute approximate surface area is 103 Å². The lowest BCUT2D eigenvalue weighted by Crippen LogP contribution is -2.12. The molecule has 3 nitrogen and oxygen atoms in total. The van der Waals surface area contributed by atoms with Gasteiger partial charge in [-0.25, -0.2) is 4.98 Å². The summed E-state index contributed by atoms with van der Waals surface area (Å²) in [5.74, 6) is -0.184. The topological polar surface area (TPSA) is 34.9 Å². The molecule has 2 rings (SSSR count). The Balaban J connectivity index is 2.23. The van der Waals surface area contributed by atoms with Gasteiger partial charge in [0.15, 0.2) is 5.50 Å². The number of benzene rings is 1. The van der Waals surface area contributed by atoms with Crippen molar-refractivity contribution in [3.05, 3.63) is 53.6 Å². The van der Waals surface area contributed by atoms with Crippen LogP contribution in [0.2, 0.25) is 5.15 Å². The zero-order chi connectivity index (χ0) is 11.5. The first-order chi connectivity index (χ1) is 7.68. The maximum atomic E-state index is 11.9. The van der Waals surface area contributed by atoms with Crippen molar-refractivity contribution in [1.29, 1.82) is 0 Å². The summed E-state index contributed by atoms with van der Waals surface area (Å²) in [6.45, 7) is 0. The van der Waals surface area contributed by atoms with E-state index in [0.29, 0.717) is 10.7 Å². The fourth-order valence-electron chi connectivity index (χ4n) is 1.31. The van der Waals surface area contributed by atoms with Crippen molar-refractivity contribution in [3.63, 3.8) is 0 Å². The number of ketones is 1. The fourth-order valence-corrected chi connectivity index (χ4v) is 1.70. The second-order valence-corrected chi connectivity index (χ2v) is 4.01. The van der Waals surface area contributed by atoms with E-state index in [1.54, 1.807) is 24.3 Å². The van der Waals surface area contributed by atoms with Crippen LogP contribution in [-0.2, 0) is 0 Å². The van der Waals surface area contributed by atoms with Gasteiger partial charge in [0, 0.05) is 11.8 Å². The Hall–Kier alpha value is -1.32. The molecule has 0 N–H and O–H groups in total. The highest BCUT2D eigenvalue weighted by molar-refractivity contribution is 6.32. The summed E-state index contributed by atoms with van der Waals surface area (Å²) in [5.41, 5.74) is -0.255. The molecule has 1 aromatic heterocycles. The molecule has 0 saturated heterocycles. The van der Waals surface area contributed by atoms with Gasteiger partial charge in [-0.2, -0.15) is 0 Å². The average Bonchev–Trinajstić information content (AvgIpc) is 2.75. The first-order valence-corrected chi connectivity index (χ1v) is 5.42. The van der Waals surface area contributed by atoms with Crippen molar-refractivity contribution in [1.82, 2.24) is 9.55 Å². The third-order valence-corrected chi connectivity index (χ3v) is 2.73. The number of hydrogen-bond donors (Lipinski definition) is 0. The van der Waals surface area contributed by atoms with Gasteiger partial charge >= 0.3 is 0 Å². The van der Waals surface area contributed by atoms with E-state index in [1.165, 1.54) is 17.1 Å². The second kappa shape index (κ2) is 4.68. The van der Waals surface area contributed by atoms with Gasteiger partial charge < -0.3 is 4.57 Å². The minimum Gasteiger partial charge on any atom is -0.312 e. The molecule has 1 atom stereocenters. The third-order valence-electron chi connectivity index (χ3n) is 2.11. The maximum Gasteiger partial charge on any atom is 0.200 e. The molecule has 5 heteroatoms. The SMILES string of the molecule is O=C(c1ccccc1)C(Cl)n1cnc(Cl)c1. The van der Waals surface area contributed by atoms with Gasteiger partial charge in [-0.15, -0.1) is 0 Å². The number of rotatable bonds is 3. The Kier molecular flexibility index (Phi) is 3.27. The van der Waals surface area contributed by atoms with Crippen LogP contribution < -0.4 is 0 Å². The predicted octanol–water partition coefficient (Wildman–Crippen LogP) is 3.16. The average molecular weight is 255 g/mol. The smallest absolute Gasteiger partial charge is 0.200 e. The van der Waals surface area contributed by atoms with E-state index in [1.807, 2.05) is 6.07 Å². The lowest BCUT2D eigenvalue weighted by atomic mass is 10.1. The molecule has 0 aliphatic heterocycles. The molecular formula is C11H8Cl2N2O. The molecule has 0 radical (unpaired) electrons. The number of carbonyl (C=O) groups excluding carboxylic acids is 1. The molecule has 0 aliphatic carbocycles. The number of halogens is 2. The Morgan fingerprint density at radius 2 is 2.00 bits per heavy atom. The molecular weight excluding hydrogens is 247 g/mol. The van der Waals surface area contributed by atoms with Crippen molar-refractivity contribution in [2.75, 3.05) is 0 Å². The van der Waals surface area contributed by atoms with Crippen LogP contribution in [0.4, 0.5) is 0 Å². The summed E-state index contributed by atoms with van der Waals surface area (Å²) >= 11 is 11.7.